The summed E-state index contributed by atoms with van der Waals surface area (Å²) in [6, 6.07) is 5.37. The molecule has 1 unspecified atom stereocenters. The fraction of sp³-hybridized carbons (Fsp3) is 0.333. The third-order valence-corrected chi connectivity index (χ3v) is 3.61. The second-order valence-corrected chi connectivity index (χ2v) is 5.24. The summed E-state index contributed by atoms with van der Waals surface area (Å²) in [6.07, 6.45) is 0.749. The molecule has 18 heavy (non-hydrogen) atoms. The van der Waals surface area contributed by atoms with Gasteiger partial charge in [-0.05, 0) is 24.6 Å². The molecule has 6 heteroatoms. The quantitative estimate of drug-likeness (QED) is 0.820. The van der Waals surface area contributed by atoms with Crippen LogP contribution in [-0.2, 0) is 4.79 Å². The molecule has 1 heterocycles. The first-order valence-electron chi connectivity index (χ1n) is 5.62. The van der Waals surface area contributed by atoms with E-state index in [9.17, 15) is 4.79 Å². The Bertz CT molecular complexity index is 506. The Morgan fingerprint density at radius 1 is 1.44 bits per heavy atom. The Kier molecular flexibility index (Phi) is 3.73. The van der Waals surface area contributed by atoms with Gasteiger partial charge in [0.2, 0.25) is 5.91 Å². The van der Waals surface area contributed by atoms with Crippen LogP contribution in [0.25, 0.3) is 0 Å². The van der Waals surface area contributed by atoms with E-state index in [0.717, 1.165) is 24.2 Å². The number of carbonyl (C=O) groups excluding carboxylic acids is 1. The zero-order valence-electron chi connectivity index (χ0n) is 9.73. The normalized spacial score (nSPS) is 18.9. The van der Waals surface area contributed by atoms with Crippen LogP contribution in [-0.4, -0.2) is 24.0 Å². The van der Waals surface area contributed by atoms with Crippen molar-refractivity contribution in [3.8, 4) is 0 Å². The number of carbonyl (C=O) groups is 1. The first kappa shape index (κ1) is 13.1. The minimum Gasteiger partial charge on any atom is -0.389 e. The highest BCUT2D eigenvalue weighted by Crippen LogP contribution is 2.29. The number of thiocarbonyl (C=S) groups is 1. The predicted molar refractivity (Wildman–Crippen MR) is 76.9 cm³/mol. The van der Waals surface area contributed by atoms with Crippen molar-refractivity contribution in [3.63, 3.8) is 0 Å². The number of hydrogen-bond acceptors (Lipinski definition) is 3. The van der Waals surface area contributed by atoms with Crippen molar-refractivity contribution in [1.82, 2.24) is 0 Å². The van der Waals surface area contributed by atoms with E-state index in [4.69, 9.17) is 35.3 Å². The Labute approximate surface area is 116 Å². The molecule has 1 aliphatic heterocycles. The van der Waals surface area contributed by atoms with Gasteiger partial charge in [0.15, 0.2) is 0 Å². The molecule has 0 bridgehead atoms. The van der Waals surface area contributed by atoms with Gasteiger partial charge in [-0.1, -0.05) is 23.8 Å². The fourth-order valence-corrected chi connectivity index (χ4v) is 2.53. The maximum Gasteiger partial charge on any atom is 0.222 e. The van der Waals surface area contributed by atoms with Gasteiger partial charge in [0.1, 0.15) is 4.99 Å². The second kappa shape index (κ2) is 5.12. The van der Waals surface area contributed by atoms with Gasteiger partial charge in [-0.2, -0.15) is 0 Å². The molecule has 0 spiro atoms. The van der Waals surface area contributed by atoms with Crippen molar-refractivity contribution in [2.45, 2.75) is 6.42 Å². The van der Waals surface area contributed by atoms with Crippen LogP contribution in [0.2, 0.25) is 5.02 Å². The molecule has 0 aliphatic carbocycles. The molecule has 4 nitrogen and oxygen atoms in total. The van der Waals surface area contributed by atoms with Crippen molar-refractivity contribution in [2.75, 3.05) is 18.0 Å². The number of nitrogens with zero attached hydrogens (tertiary/aromatic N) is 1. The lowest BCUT2D eigenvalue weighted by molar-refractivity contribution is -0.121. The molecule has 0 radical (unpaired) electrons. The van der Waals surface area contributed by atoms with E-state index in [2.05, 4.69) is 4.90 Å². The molecule has 2 rings (SSSR count). The lowest BCUT2D eigenvalue weighted by atomic mass is 10.1. The summed E-state index contributed by atoms with van der Waals surface area (Å²) in [5.41, 5.74) is 12.7. The molecule has 0 saturated carbocycles. The summed E-state index contributed by atoms with van der Waals surface area (Å²) in [6.45, 7) is 1.34. The molecule has 96 valence electrons. The molecule has 1 amide bonds. The largest absolute Gasteiger partial charge is 0.389 e. The number of anilines is 1. The second-order valence-electron chi connectivity index (χ2n) is 4.36. The van der Waals surface area contributed by atoms with Gasteiger partial charge >= 0.3 is 0 Å². The Morgan fingerprint density at radius 2 is 2.17 bits per heavy atom. The topological polar surface area (TPSA) is 72.4 Å². The van der Waals surface area contributed by atoms with E-state index in [1.54, 1.807) is 12.1 Å². The number of nitrogens with two attached hydrogens (primary N) is 2. The third-order valence-electron chi connectivity index (χ3n) is 3.16. The molecule has 1 saturated heterocycles. The van der Waals surface area contributed by atoms with Gasteiger partial charge in [-0.25, -0.2) is 0 Å². The summed E-state index contributed by atoms with van der Waals surface area (Å²) in [7, 11) is 0. The van der Waals surface area contributed by atoms with E-state index in [1.165, 1.54) is 0 Å². The van der Waals surface area contributed by atoms with Gasteiger partial charge in [-0.15, -0.1) is 0 Å². The third kappa shape index (κ3) is 2.57. The van der Waals surface area contributed by atoms with Crippen LogP contribution in [0.15, 0.2) is 18.2 Å². The van der Waals surface area contributed by atoms with Crippen LogP contribution >= 0.6 is 23.8 Å². The standard InChI is InChI=1S/C12H14ClN3OS/c13-8-1-2-9(12(15)18)10(5-8)16-4-3-7(6-16)11(14)17/h1-2,5,7H,3-4,6H2,(H2,14,17)(H2,15,18). The molecular formula is C12H14ClN3OS. The predicted octanol–water partition coefficient (Wildman–Crippen LogP) is 1.29. The minimum atomic E-state index is -0.267. The van der Waals surface area contributed by atoms with Crippen molar-refractivity contribution in [1.29, 1.82) is 0 Å². The first-order chi connectivity index (χ1) is 8.49. The molecular weight excluding hydrogens is 270 g/mol. The number of halogens is 1. The number of rotatable bonds is 3. The van der Waals surface area contributed by atoms with E-state index in [0.29, 0.717) is 16.6 Å². The summed E-state index contributed by atoms with van der Waals surface area (Å²) >= 11 is 11.0. The lowest BCUT2D eigenvalue weighted by Crippen LogP contribution is -2.28. The average Bonchev–Trinajstić information content (AvgIpc) is 2.77. The van der Waals surface area contributed by atoms with Gasteiger partial charge in [0.05, 0.1) is 5.92 Å². The molecule has 1 fully saturated rings. The summed E-state index contributed by atoms with van der Waals surface area (Å²) in [5.74, 6) is -0.389. The smallest absolute Gasteiger partial charge is 0.222 e. The number of amides is 1. The molecule has 1 aliphatic rings. The summed E-state index contributed by atoms with van der Waals surface area (Å²) in [5, 5.41) is 0.618. The molecule has 1 aromatic rings. The Balaban J connectivity index is 2.31. The first-order valence-corrected chi connectivity index (χ1v) is 6.41. The number of benzene rings is 1. The van der Waals surface area contributed by atoms with E-state index in [1.807, 2.05) is 6.07 Å². The maximum atomic E-state index is 11.2. The molecule has 0 aromatic heterocycles. The highest BCUT2D eigenvalue weighted by atomic mass is 35.5. The Hall–Kier alpha value is -1.33. The zero-order valence-corrected chi connectivity index (χ0v) is 11.3. The lowest BCUT2D eigenvalue weighted by Gasteiger charge is -2.21. The van der Waals surface area contributed by atoms with Gasteiger partial charge < -0.3 is 16.4 Å². The monoisotopic (exact) mass is 283 g/mol. The summed E-state index contributed by atoms with van der Waals surface area (Å²) in [4.78, 5) is 13.6. The average molecular weight is 284 g/mol. The van der Waals surface area contributed by atoms with E-state index >= 15 is 0 Å². The van der Waals surface area contributed by atoms with Crippen molar-refractivity contribution in [2.24, 2.45) is 17.4 Å². The SMILES string of the molecule is NC(=O)C1CCN(c2cc(Cl)ccc2C(N)=S)C1. The fourth-order valence-electron chi connectivity index (χ4n) is 2.19. The Morgan fingerprint density at radius 3 is 2.72 bits per heavy atom. The van der Waals surface area contributed by atoms with Gasteiger partial charge in [0, 0.05) is 29.4 Å². The highest BCUT2D eigenvalue weighted by Gasteiger charge is 2.28. The minimum absolute atomic E-state index is 0.122. The van der Waals surface area contributed by atoms with Crippen molar-refractivity contribution in [3.05, 3.63) is 28.8 Å². The zero-order chi connectivity index (χ0) is 13.3. The van der Waals surface area contributed by atoms with Crippen LogP contribution in [0.3, 0.4) is 0 Å². The van der Waals surface area contributed by atoms with Gasteiger partial charge in [-0.3, -0.25) is 4.79 Å². The van der Waals surface area contributed by atoms with Crippen LogP contribution in [0.1, 0.15) is 12.0 Å². The number of primary amides is 1. The van der Waals surface area contributed by atoms with Crippen molar-refractivity contribution < 1.29 is 4.79 Å². The highest BCUT2D eigenvalue weighted by molar-refractivity contribution is 7.80. The summed E-state index contributed by atoms with van der Waals surface area (Å²) < 4.78 is 0. The van der Waals surface area contributed by atoms with Crippen LogP contribution < -0.4 is 16.4 Å². The van der Waals surface area contributed by atoms with Crippen LogP contribution in [0.4, 0.5) is 5.69 Å². The molecule has 4 N–H and O–H groups in total. The van der Waals surface area contributed by atoms with Gasteiger partial charge in [0.25, 0.3) is 0 Å². The van der Waals surface area contributed by atoms with Crippen LogP contribution in [0, 0.1) is 5.92 Å². The number of hydrogen-bond donors (Lipinski definition) is 2. The van der Waals surface area contributed by atoms with E-state index < -0.39 is 0 Å². The van der Waals surface area contributed by atoms with E-state index in [-0.39, 0.29) is 11.8 Å². The van der Waals surface area contributed by atoms with Crippen LogP contribution in [0.5, 0.6) is 0 Å². The maximum absolute atomic E-state index is 11.2. The van der Waals surface area contributed by atoms with Crippen molar-refractivity contribution >= 4 is 40.4 Å². The molecule has 1 atom stereocenters. The molecule has 1 aromatic carbocycles.